The van der Waals surface area contributed by atoms with Crippen molar-refractivity contribution in [2.75, 3.05) is 7.11 Å². The summed E-state index contributed by atoms with van der Waals surface area (Å²) in [5, 5.41) is 11.3. The van der Waals surface area contributed by atoms with Crippen LogP contribution in [0.4, 0.5) is 5.69 Å². The largest absolute Gasteiger partial charge is 0.497 e. The first-order chi connectivity index (χ1) is 20.4. The first kappa shape index (κ1) is 26.2. The monoisotopic (exact) mass is 595 g/mol. The maximum absolute atomic E-state index is 14.0. The molecule has 0 unspecified atom stereocenters. The summed E-state index contributed by atoms with van der Waals surface area (Å²) in [4.78, 5) is 30.2. The number of thiazole rings is 1. The van der Waals surface area contributed by atoms with Gasteiger partial charge in [0, 0.05) is 29.3 Å². The molecule has 42 heavy (non-hydrogen) atoms. The number of benzene rings is 3. The molecule has 1 aliphatic carbocycles. The first-order valence-corrected chi connectivity index (χ1v) is 14.4. The summed E-state index contributed by atoms with van der Waals surface area (Å²) in [6, 6.07) is 23.5. The molecule has 0 amide bonds. The highest BCUT2D eigenvalue weighted by Gasteiger charge is 2.32. The molecule has 0 radical (unpaired) electrons. The van der Waals surface area contributed by atoms with Crippen molar-refractivity contribution in [2.45, 2.75) is 18.9 Å². The molecule has 1 aliphatic heterocycles. The van der Waals surface area contributed by atoms with Gasteiger partial charge in [-0.05, 0) is 59.9 Å². The lowest BCUT2D eigenvalue weighted by molar-refractivity contribution is -0.384. The fourth-order valence-corrected chi connectivity index (χ4v) is 6.88. The average molecular weight is 596 g/mol. The van der Waals surface area contributed by atoms with Crippen LogP contribution in [0.5, 0.6) is 5.75 Å². The fourth-order valence-electron chi connectivity index (χ4n) is 5.63. The van der Waals surface area contributed by atoms with Gasteiger partial charge in [0.1, 0.15) is 17.3 Å². The number of hydrogen-bond acceptors (Lipinski definition) is 7. The number of aryl methyl sites for hydroxylation is 1. The molecule has 0 bridgehead atoms. The van der Waals surface area contributed by atoms with E-state index in [1.54, 1.807) is 36.0 Å². The predicted octanol–water partition coefficient (Wildman–Crippen LogP) is 6.15. The van der Waals surface area contributed by atoms with Gasteiger partial charge in [0.2, 0.25) is 0 Å². The third kappa shape index (κ3) is 4.38. The standard InChI is InChI=1S/C32H22ClN3O5S/c1-40-21-10-6-19(7-11-21)30-25-13-8-18-4-2-3-5-23(18)29(25)34-32-35(30)31(37)28(42-32)17-22-12-15-27(41-22)24-14-9-20(36(38)39)16-26(24)33/h2-7,9-12,14-17,30H,8,13H2,1H3/b28-17+/t30-/m0/s1. The molecular weight excluding hydrogens is 574 g/mol. The Morgan fingerprint density at radius 1 is 1.07 bits per heavy atom. The van der Waals surface area contributed by atoms with Crippen LogP contribution in [0.15, 0.2) is 98.6 Å². The van der Waals surface area contributed by atoms with E-state index in [9.17, 15) is 14.9 Å². The van der Waals surface area contributed by atoms with E-state index in [1.165, 1.54) is 29.0 Å². The van der Waals surface area contributed by atoms with E-state index in [4.69, 9.17) is 25.7 Å². The second-order valence-corrected chi connectivity index (χ2v) is 11.4. The number of nitrogens with zero attached hydrogens (tertiary/aromatic N) is 3. The molecule has 0 fully saturated rings. The van der Waals surface area contributed by atoms with E-state index < -0.39 is 4.92 Å². The van der Waals surface area contributed by atoms with Gasteiger partial charge in [-0.25, -0.2) is 4.99 Å². The molecule has 8 nitrogen and oxygen atoms in total. The van der Waals surface area contributed by atoms with Gasteiger partial charge in [-0.15, -0.1) is 0 Å². The number of non-ortho nitro benzene ring substituents is 1. The van der Waals surface area contributed by atoms with Crippen molar-refractivity contribution < 1.29 is 14.1 Å². The maximum Gasteiger partial charge on any atom is 0.271 e. The quantitative estimate of drug-likeness (QED) is 0.179. The molecule has 0 saturated carbocycles. The molecule has 1 atom stereocenters. The van der Waals surface area contributed by atoms with Crippen molar-refractivity contribution in [3.05, 3.63) is 142 Å². The van der Waals surface area contributed by atoms with Crippen molar-refractivity contribution in [3.8, 4) is 17.1 Å². The van der Waals surface area contributed by atoms with Gasteiger partial charge >= 0.3 is 0 Å². The Morgan fingerprint density at radius 3 is 2.64 bits per heavy atom. The van der Waals surface area contributed by atoms with Gasteiger partial charge in [0.25, 0.3) is 11.2 Å². The molecule has 2 aromatic heterocycles. The Morgan fingerprint density at radius 2 is 1.88 bits per heavy atom. The number of allylic oxidation sites excluding steroid dienone is 1. The van der Waals surface area contributed by atoms with E-state index in [0.29, 0.717) is 26.4 Å². The SMILES string of the molecule is COc1ccc([C@H]2C3=C(N=c4s/c(=C/c5ccc(-c6ccc([N+](=O)[O-])cc6Cl)o5)c(=O)n42)c2ccccc2CC3)cc1. The number of methoxy groups -OCH3 is 1. The number of aromatic nitrogens is 1. The zero-order valence-corrected chi connectivity index (χ0v) is 23.8. The van der Waals surface area contributed by atoms with E-state index in [1.807, 2.05) is 36.4 Å². The van der Waals surface area contributed by atoms with Gasteiger partial charge in [0.05, 0.1) is 33.3 Å². The minimum atomic E-state index is -0.501. The number of nitro groups is 1. The van der Waals surface area contributed by atoms with Crippen LogP contribution in [0.1, 0.15) is 34.9 Å². The van der Waals surface area contributed by atoms with Crippen LogP contribution in [0.25, 0.3) is 23.1 Å². The van der Waals surface area contributed by atoms with Crippen molar-refractivity contribution in [2.24, 2.45) is 4.99 Å². The van der Waals surface area contributed by atoms with Crippen molar-refractivity contribution in [3.63, 3.8) is 0 Å². The lowest BCUT2D eigenvalue weighted by Gasteiger charge is -2.30. The summed E-state index contributed by atoms with van der Waals surface area (Å²) < 4.78 is 13.7. The third-order valence-corrected chi connectivity index (χ3v) is 8.93. The first-order valence-electron chi connectivity index (χ1n) is 13.2. The highest BCUT2D eigenvalue weighted by molar-refractivity contribution is 7.07. The highest BCUT2D eigenvalue weighted by Crippen LogP contribution is 2.41. The van der Waals surface area contributed by atoms with Crippen LogP contribution < -0.4 is 19.6 Å². The Hall–Kier alpha value is -4.73. The lowest BCUT2D eigenvalue weighted by atomic mass is 9.83. The van der Waals surface area contributed by atoms with Gasteiger partial charge in [-0.3, -0.25) is 19.5 Å². The molecule has 3 heterocycles. The van der Waals surface area contributed by atoms with Crippen LogP contribution in [-0.4, -0.2) is 16.6 Å². The Kier molecular flexibility index (Phi) is 6.41. The van der Waals surface area contributed by atoms with Gasteiger partial charge in [0.15, 0.2) is 4.80 Å². The molecule has 208 valence electrons. The number of fused-ring (bicyclic) bond motifs is 3. The minimum absolute atomic E-state index is 0.103. The van der Waals surface area contributed by atoms with Gasteiger partial charge in [-0.2, -0.15) is 0 Å². The summed E-state index contributed by atoms with van der Waals surface area (Å²) >= 11 is 7.62. The maximum atomic E-state index is 14.0. The summed E-state index contributed by atoms with van der Waals surface area (Å²) in [6.07, 6.45) is 3.38. The molecule has 5 aromatic rings. The Labute approximate surface area is 248 Å². The van der Waals surface area contributed by atoms with Crippen LogP contribution in [0.3, 0.4) is 0 Å². The van der Waals surface area contributed by atoms with E-state index in [-0.39, 0.29) is 22.3 Å². The number of halogens is 1. The fraction of sp³-hybridized carbons (Fsp3) is 0.125. The van der Waals surface area contributed by atoms with Crippen LogP contribution in [-0.2, 0) is 6.42 Å². The topological polar surface area (TPSA) is 99.9 Å². The zero-order chi connectivity index (χ0) is 29.0. The smallest absolute Gasteiger partial charge is 0.271 e. The van der Waals surface area contributed by atoms with Crippen LogP contribution in [0, 0.1) is 10.1 Å². The summed E-state index contributed by atoms with van der Waals surface area (Å²) in [7, 11) is 1.63. The lowest BCUT2D eigenvalue weighted by Crippen LogP contribution is -2.38. The molecule has 0 N–H and O–H groups in total. The number of ether oxygens (including phenoxy) is 1. The van der Waals surface area contributed by atoms with E-state index in [2.05, 4.69) is 12.1 Å². The Bertz CT molecular complexity index is 2110. The number of furan rings is 1. The van der Waals surface area contributed by atoms with Crippen molar-refractivity contribution in [1.29, 1.82) is 0 Å². The molecule has 2 aliphatic rings. The second-order valence-electron chi connectivity index (χ2n) is 10.0. The number of nitro benzene ring substituents is 1. The summed E-state index contributed by atoms with van der Waals surface area (Å²) in [5.74, 6) is 1.65. The van der Waals surface area contributed by atoms with Crippen LogP contribution >= 0.6 is 22.9 Å². The Balaban J connectivity index is 1.36. The summed E-state index contributed by atoms with van der Waals surface area (Å²) in [6.45, 7) is 0. The summed E-state index contributed by atoms with van der Waals surface area (Å²) in [5.41, 5.74) is 5.65. The highest BCUT2D eigenvalue weighted by atomic mass is 35.5. The zero-order valence-electron chi connectivity index (χ0n) is 22.2. The number of hydrogen-bond donors (Lipinski definition) is 0. The number of rotatable bonds is 5. The normalized spacial score (nSPS) is 16.0. The molecule has 3 aromatic carbocycles. The van der Waals surface area contributed by atoms with Gasteiger partial charge in [-0.1, -0.05) is 59.3 Å². The van der Waals surface area contributed by atoms with Crippen LogP contribution in [0.2, 0.25) is 5.02 Å². The average Bonchev–Trinajstić information content (AvgIpc) is 3.60. The molecular formula is C32H22ClN3O5S. The molecule has 10 heteroatoms. The minimum Gasteiger partial charge on any atom is -0.497 e. The van der Waals surface area contributed by atoms with Crippen molar-refractivity contribution in [1.82, 2.24) is 4.57 Å². The van der Waals surface area contributed by atoms with Crippen molar-refractivity contribution >= 4 is 40.4 Å². The second kappa shape index (κ2) is 10.3. The third-order valence-electron chi connectivity index (χ3n) is 7.63. The van der Waals surface area contributed by atoms with E-state index >= 15 is 0 Å². The molecule has 0 saturated heterocycles. The predicted molar refractivity (Wildman–Crippen MR) is 162 cm³/mol. The molecule has 0 spiro atoms. The van der Waals surface area contributed by atoms with Gasteiger partial charge < -0.3 is 9.15 Å². The van der Waals surface area contributed by atoms with E-state index in [0.717, 1.165) is 41.0 Å². The molecule has 7 rings (SSSR count).